The minimum atomic E-state index is -1.77. The predicted octanol–water partition coefficient (Wildman–Crippen LogP) is 6.15. The molecule has 2 aliphatic rings. The van der Waals surface area contributed by atoms with Crippen LogP contribution in [0.2, 0.25) is 0 Å². The molecule has 15 heteroatoms. The Balaban J connectivity index is 1.83. The van der Waals surface area contributed by atoms with Crippen molar-refractivity contribution in [2.75, 3.05) is 26.4 Å². The fourth-order valence-electron chi connectivity index (χ4n) is 7.58. The van der Waals surface area contributed by atoms with Crippen LogP contribution in [0.1, 0.15) is 168 Å². The summed E-state index contributed by atoms with van der Waals surface area (Å²) < 4.78 is 33.5. The Bertz CT molecular complexity index is 1260. The predicted molar refractivity (Wildman–Crippen MR) is 243 cm³/mol. The molecule has 0 spiro atoms. The van der Waals surface area contributed by atoms with Crippen molar-refractivity contribution >= 4 is 11.9 Å². The van der Waals surface area contributed by atoms with Crippen molar-refractivity contribution in [3.8, 4) is 0 Å². The maximum atomic E-state index is 13.0. The number of aliphatic hydroxyl groups excluding tert-OH is 7. The lowest BCUT2D eigenvalue weighted by atomic mass is 9.98. The van der Waals surface area contributed by atoms with Crippen LogP contribution >= 0.6 is 0 Å². The Morgan fingerprint density at radius 1 is 0.516 bits per heavy atom. The zero-order chi connectivity index (χ0) is 46.8. The Labute approximate surface area is 383 Å². The summed E-state index contributed by atoms with van der Waals surface area (Å²) in [5, 5.41) is 72.0. The highest BCUT2D eigenvalue weighted by Crippen LogP contribution is 2.26. The summed E-state index contributed by atoms with van der Waals surface area (Å²) in [6, 6.07) is 0. The first kappa shape index (κ1) is 57.8. The second-order valence-corrected chi connectivity index (χ2v) is 17.3. The lowest BCUT2D eigenvalue weighted by Crippen LogP contribution is -2.61. The molecule has 0 bridgehead atoms. The third-order valence-electron chi connectivity index (χ3n) is 11.6. The van der Waals surface area contributed by atoms with Gasteiger partial charge in [-0.05, 0) is 44.9 Å². The van der Waals surface area contributed by atoms with E-state index in [1.807, 2.05) is 0 Å². The molecule has 64 heavy (non-hydrogen) atoms. The summed E-state index contributed by atoms with van der Waals surface area (Å²) in [5.41, 5.74) is 0. The van der Waals surface area contributed by atoms with Crippen LogP contribution in [0.15, 0.2) is 36.5 Å². The molecule has 0 aromatic carbocycles. The van der Waals surface area contributed by atoms with Crippen molar-refractivity contribution in [1.29, 1.82) is 0 Å². The SMILES string of the molecule is CCC=CCC=CCC=CCCCCCCCC(=O)OCC(COC1OC(COC2OC(CO)C(O)C(O)C2O)C(O)C(O)C1O)OC(=O)CCCCCCCCCCCCCCC. The minimum Gasteiger partial charge on any atom is -0.462 e. The first-order chi connectivity index (χ1) is 31.0. The Morgan fingerprint density at radius 2 is 0.984 bits per heavy atom. The molecule has 7 N–H and O–H groups in total. The zero-order valence-corrected chi connectivity index (χ0v) is 39.0. The Morgan fingerprint density at radius 3 is 1.55 bits per heavy atom. The van der Waals surface area contributed by atoms with Gasteiger partial charge in [-0.15, -0.1) is 0 Å². The van der Waals surface area contributed by atoms with Gasteiger partial charge >= 0.3 is 11.9 Å². The lowest BCUT2D eigenvalue weighted by Gasteiger charge is -2.42. The average Bonchev–Trinajstić information content (AvgIpc) is 3.29. The van der Waals surface area contributed by atoms with Crippen LogP contribution < -0.4 is 0 Å². The molecule has 2 rings (SSSR count). The number of ether oxygens (including phenoxy) is 6. The van der Waals surface area contributed by atoms with Crippen LogP contribution in [-0.4, -0.2) is 142 Å². The minimum absolute atomic E-state index is 0.164. The number of unbranched alkanes of at least 4 members (excludes halogenated alkanes) is 17. The smallest absolute Gasteiger partial charge is 0.306 e. The molecule has 0 aromatic rings. The Hall–Kier alpha value is -2.28. The number of hydrogen-bond acceptors (Lipinski definition) is 15. The molecule has 0 aliphatic carbocycles. The molecule has 2 fully saturated rings. The second-order valence-electron chi connectivity index (χ2n) is 17.3. The number of esters is 2. The summed E-state index contributed by atoms with van der Waals surface area (Å²) in [5.74, 6) is -0.943. The monoisotopic (exact) mass is 915 g/mol. The summed E-state index contributed by atoms with van der Waals surface area (Å²) in [6.45, 7) is 2.45. The van der Waals surface area contributed by atoms with Gasteiger partial charge in [0.05, 0.1) is 19.8 Å². The highest BCUT2D eigenvalue weighted by atomic mass is 16.7. The standard InChI is InChI=1S/C49H86O15/c1-3-5-7-9-11-13-15-17-18-20-21-23-25-27-29-31-40(51)59-34-37(62-41(52)32-30-28-26-24-22-19-16-14-12-10-8-6-4-2)35-60-48-47(58)45(56)43(54)39(64-48)36-61-49-46(57)44(55)42(53)38(33-50)63-49/h5,7,11,13,17-18,37-39,42-50,53-58H,3-4,6,8-10,12,14-16,19-36H2,1-2H3. The molecule has 11 atom stereocenters. The normalized spacial score (nSPS) is 26.9. The van der Waals surface area contributed by atoms with Crippen molar-refractivity contribution in [3.63, 3.8) is 0 Å². The number of aliphatic hydroxyl groups is 7. The number of carbonyl (C=O) groups is 2. The van der Waals surface area contributed by atoms with Crippen molar-refractivity contribution < 1.29 is 73.8 Å². The van der Waals surface area contributed by atoms with Crippen LogP contribution in [0.3, 0.4) is 0 Å². The topological polar surface area (TPSA) is 231 Å². The van der Waals surface area contributed by atoms with E-state index in [0.717, 1.165) is 70.6 Å². The zero-order valence-electron chi connectivity index (χ0n) is 39.0. The first-order valence-electron chi connectivity index (χ1n) is 24.6. The van der Waals surface area contributed by atoms with Gasteiger partial charge in [-0.2, -0.15) is 0 Å². The molecule has 2 heterocycles. The summed E-state index contributed by atoms with van der Waals surface area (Å²) in [7, 11) is 0. The van der Waals surface area contributed by atoms with Gasteiger partial charge in [0.15, 0.2) is 18.7 Å². The maximum absolute atomic E-state index is 13.0. The highest BCUT2D eigenvalue weighted by molar-refractivity contribution is 5.70. The summed E-state index contributed by atoms with van der Waals surface area (Å²) >= 11 is 0. The lowest BCUT2D eigenvalue weighted by molar-refractivity contribution is -0.332. The third kappa shape index (κ3) is 25.0. The molecule has 0 saturated carbocycles. The number of hydrogen-bond donors (Lipinski definition) is 7. The molecular weight excluding hydrogens is 829 g/mol. The second kappa shape index (κ2) is 36.8. The van der Waals surface area contributed by atoms with E-state index in [2.05, 4.69) is 50.3 Å². The molecule has 15 nitrogen and oxygen atoms in total. The van der Waals surface area contributed by atoms with Crippen molar-refractivity contribution in [2.24, 2.45) is 0 Å². The Kier molecular flexibility index (Phi) is 33.3. The number of carbonyl (C=O) groups excluding carboxylic acids is 2. The van der Waals surface area contributed by atoms with Crippen LogP contribution in [0, 0.1) is 0 Å². The molecular formula is C49H86O15. The van der Waals surface area contributed by atoms with Crippen molar-refractivity contribution in [1.82, 2.24) is 0 Å². The van der Waals surface area contributed by atoms with Gasteiger partial charge in [-0.3, -0.25) is 9.59 Å². The van der Waals surface area contributed by atoms with E-state index in [4.69, 9.17) is 28.4 Å². The van der Waals surface area contributed by atoms with E-state index >= 15 is 0 Å². The third-order valence-corrected chi connectivity index (χ3v) is 11.6. The van der Waals surface area contributed by atoms with Crippen molar-refractivity contribution in [2.45, 2.75) is 235 Å². The van der Waals surface area contributed by atoms with E-state index in [-0.39, 0.29) is 26.1 Å². The van der Waals surface area contributed by atoms with Crippen LogP contribution in [0.4, 0.5) is 0 Å². The highest BCUT2D eigenvalue weighted by Gasteiger charge is 2.47. The van der Waals surface area contributed by atoms with Gasteiger partial charge in [0.25, 0.3) is 0 Å². The van der Waals surface area contributed by atoms with E-state index in [1.165, 1.54) is 57.8 Å². The van der Waals surface area contributed by atoms with Gasteiger partial charge < -0.3 is 64.2 Å². The quantitative estimate of drug-likeness (QED) is 0.0211. The molecule has 0 amide bonds. The molecule has 11 unspecified atom stereocenters. The van der Waals surface area contributed by atoms with Gasteiger partial charge in [0, 0.05) is 12.8 Å². The van der Waals surface area contributed by atoms with Crippen LogP contribution in [0.25, 0.3) is 0 Å². The van der Waals surface area contributed by atoms with E-state index in [0.29, 0.717) is 12.8 Å². The van der Waals surface area contributed by atoms with Crippen LogP contribution in [0.5, 0.6) is 0 Å². The van der Waals surface area contributed by atoms with Crippen LogP contribution in [-0.2, 0) is 38.0 Å². The van der Waals surface area contributed by atoms with Crippen molar-refractivity contribution in [3.05, 3.63) is 36.5 Å². The molecule has 2 aliphatic heterocycles. The average molecular weight is 915 g/mol. The molecule has 0 aromatic heterocycles. The van der Waals surface area contributed by atoms with Gasteiger partial charge in [-0.1, -0.05) is 147 Å². The largest absolute Gasteiger partial charge is 0.462 e. The summed E-state index contributed by atoms with van der Waals surface area (Å²) in [4.78, 5) is 25.7. The maximum Gasteiger partial charge on any atom is 0.306 e. The fourth-order valence-corrected chi connectivity index (χ4v) is 7.58. The summed E-state index contributed by atoms with van der Waals surface area (Å²) in [6.07, 6.45) is 20.3. The van der Waals surface area contributed by atoms with E-state index in [1.54, 1.807) is 0 Å². The van der Waals surface area contributed by atoms with Gasteiger partial charge in [-0.25, -0.2) is 0 Å². The molecule has 2 saturated heterocycles. The fraction of sp³-hybridized carbons (Fsp3) is 0.837. The van der Waals surface area contributed by atoms with Gasteiger partial charge in [0.1, 0.15) is 55.4 Å². The first-order valence-corrected chi connectivity index (χ1v) is 24.6. The number of allylic oxidation sites excluding steroid dienone is 6. The van der Waals surface area contributed by atoms with Gasteiger partial charge in [0.2, 0.25) is 0 Å². The van der Waals surface area contributed by atoms with E-state index in [9.17, 15) is 45.3 Å². The number of rotatable bonds is 37. The molecule has 0 radical (unpaired) electrons. The van der Waals surface area contributed by atoms with E-state index < -0.39 is 92.7 Å². The molecule has 372 valence electrons.